The number of carboxylic acids is 1. The van der Waals surface area contributed by atoms with Crippen molar-refractivity contribution in [2.45, 2.75) is 39.2 Å². The van der Waals surface area contributed by atoms with E-state index in [1.54, 1.807) is 12.1 Å². The smallest absolute Gasteiger partial charge is 0.309 e. The molecule has 0 atom stereocenters. The first-order valence-electron chi connectivity index (χ1n) is 8.69. The number of aryl methyl sites for hydroxylation is 1. The van der Waals surface area contributed by atoms with E-state index < -0.39 is 11.9 Å². The summed E-state index contributed by atoms with van der Waals surface area (Å²) in [5.41, 5.74) is 7.78. The van der Waals surface area contributed by atoms with Gasteiger partial charge in [0.05, 0.1) is 28.9 Å². The Labute approximate surface area is 150 Å². The van der Waals surface area contributed by atoms with Gasteiger partial charge in [0, 0.05) is 17.5 Å². The van der Waals surface area contributed by atoms with Crippen molar-refractivity contribution in [3.05, 3.63) is 35.0 Å². The van der Waals surface area contributed by atoms with Gasteiger partial charge in [-0.1, -0.05) is 25.8 Å². The fourth-order valence-electron chi connectivity index (χ4n) is 3.53. The van der Waals surface area contributed by atoms with E-state index in [1.165, 1.54) is 0 Å². The second kappa shape index (κ2) is 7.11. The first-order chi connectivity index (χ1) is 12.5. The van der Waals surface area contributed by atoms with Crippen LogP contribution in [-0.2, 0) is 11.3 Å². The number of carbonyl (C=O) groups is 3. The van der Waals surface area contributed by atoms with Gasteiger partial charge in [-0.2, -0.15) is 0 Å². The maximum atomic E-state index is 12.6. The van der Waals surface area contributed by atoms with Crippen LogP contribution in [-0.4, -0.2) is 39.6 Å². The average Bonchev–Trinajstić information content (AvgIpc) is 2.93. The van der Waals surface area contributed by atoms with E-state index in [0.29, 0.717) is 28.9 Å². The third-order valence-corrected chi connectivity index (χ3v) is 4.63. The number of aromatic nitrogens is 1. The number of nitrogens with zero attached hydrogens (tertiary/aromatic N) is 2. The number of unbranched alkanes of at least 4 members (excludes halogenated alkanes) is 2. The number of carboxylic acid groups (broad SMARTS) is 1. The Morgan fingerprint density at radius 3 is 2.73 bits per heavy atom. The molecule has 3 rings (SSSR count). The minimum Gasteiger partial charge on any atom is -0.481 e. The summed E-state index contributed by atoms with van der Waals surface area (Å²) in [6.07, 6.45) is 2.64. The van der Waals surface area contributed by atoms with Gasteiger partial charge >= 0.3 is 5.97 Å². The van der Waals surface area contributed by atoms with Crippen LogP contribution in [0.15, 0.2) is 23.2 Å². The maximum absolute atomic E-state index is 12.6. The van der Waals surface area contributed by atoms with E-state index in [0.717, 1.165) is 24.8 Å². The zero-order chi connectivity index (χ0) is 18.8. The molecule has 136 valence electrons. The van der Waals surface area contributed by atoms with Gasteiger partial charge in [-0.05, 0) is 18.6 Å². The lowest BCUT2D eigenvalue weighted by Crippen LogP contribution is -2.24. The summed E-state index contributed by atoms with van der Waals surface area (Å²) in [7, 11) is 0. The number of aliphatic carboxylic acids is 1. The minimum absolute atomic E-state index is 0.114. The number of primary amides is 1. The number of hydrogen-bond acceptors (Lipinski definition) is 4. The van der Waals surface area contributed by atoms with Gasteiger partial charge in [-0.3, -0.25) is 19.4 Å². The number of nitrogens with two attached hydrogens (primary N) is 1. The second-order valence-electron chi connectivity index (χ2n) is 6.40. The van der Waals surface area contributed by atoms with E-state index in [2.05, 4.69) is 11.9 Å². The predicted molar refractivity (Wildman–Crippen MR) is 98.0 cm³/mol. The molecule has 1 amide bonds. The van der Waals surface area contributed by atoms with Crippen molar-refractivity contribution >= 4 is 34.3 Å². The maximum Gasteiger partial charge on any atom is 0.309 e. The quantitative estimate of drug-likeness (QED) is 0.742. The second-order valence-corrected chi connectivity index (χ2v) is 6.40. The Balaban J connectivity index is 2.31. The van der Waals surface area contributed by atoms with E-state index >= 15 is 0 Å². The molecular weight excluding hydrogens is 334 g/mol. The number of Topliss-reactive ketones (excluding diaryl/α,β-unsaturated/α-hetero) is 1. The van der Waals surface area contributed by atoms with Crippen molar-refractivity contribution in [3.8, 4) is 0 Å². The van der Waals surface area contributed by atoms with Crippen LogP contribution in [0, 0.1) is 0 Å². The van der Waals surface area contributed by atoms with Gasteiger partial charge in [0.15, 0.2) is 5.78 Å². The topological polar surface area (TPSA) is 115 Å². The molecule has 1 aromatic heterocycles. The molecule has 2 aromatic rings. The molecule has 0 fully saturated rings. The first-order valence-corrected chi connectivity index (χ1v) is 8.69. The van der Waals surface area contributed by atoms with Crippen LogP contribution in [0.1, 0.15) is 59.0 Å². The Kier molecular flexibility index (Phi) is 4.88. The third kappa shape index (κ3) is 3.00. The number of hydrogen-bond donors (Lipinski definition) is 2. The van der Waals surface area contributed by atoms with E-state index in [1.807, 2.05) is 10.6 Å². The Morgan fingerprint density at radius 1 is 1.31 bits per heavy atom. The Hall–Kier alpha value is -2.96. The van der Waals surface area contributed by atoms with Crippen molar-refractivity contribution in [3.63, 3.8) is 0 Å². The molecule has 0 unspecified atom stereocenters. The lowest BCUT2D eigenvalue weighted by molar-refractivity contribution is -0.135. The van der Waals surface area contributed by atoms with Crippen LogP contribution in [0.3, 0.4) is 0 Å². The summed E-state index contributed by atoms with van der Waals surface area (Å²) in [5.74, 6) is -1.84. The number of amides is 1. The van der Waals surface area contributed by atoms with E-state index in [9.17, 15) is 19.5 Å². The van der Waals surface area contributed by atoms with Crippen LogP contribution < -0.4 is 5.73 Å². The molecule has 1 aliphatic rings. The summed E-state index contributed by atoms with van der Waals surface area (Å²) in [6.45, 7) is 2.60. The Bertz CT molecular complexity index is 940. The molecule has 2 heterocycles. The summed E-state index contributed by atoms with van der Waals surface area (Å²) >= 11 is 0. The van der Waals surface area contributed by atoms with Gasteiger partial charge in [0.2, 0.25) is 5.91 Å². The fraction of sp³-hybridized carbons (Fsp3) is 0.368. The van der Waals surface area contributed by atoms with Gasteiger partial charge < -0.3 is 15.4 Å². The van der Waals surface area contributed by atoms with Gasteiger partial charge in [0.1, 0.15) is 6.54 Å². The molecular formula is C19H21N3O4. The van der Waals surface area contributed by atoms with Gasteiger partial charge in [0.25, 0.3) is 0 Å². The molecule has 7 heteroatoms. The highest BCUT2D eigenvalue weighted by Gasteiger charge is 2.31. The third-order valence-electron chi connectivity index (χ3n) is 4.63. The lowest BCUT2D eigenvalue weighted by Gasteiger charge is -2.16. The molecule has 0 saturated heterocycles. The summed E-state index contributed by atoms with van der Waals surface area (Å²) in [4.78, 5) is 40.0. The van der Waals surface area contributed by atoms with E-state index in [-0.39, 0.29) is 24.3 Å². The molecule has 7 nitrogen and oxygen atoms in total. The van der Waals surface area contributed by atoms with Crippen LogP contribution in [0.5, 0.6) is 0 Å². The van der Waals surface area contributed by atoms with Crippen LogP contribution in [0.25, 0.3) is 10.9 Å². The molecule has 0 bridgehead atoms. The highest BCUT2D eigenvalue weighted by atomic mass is 16.4. The number of ketones is 1. The average molecular weight is 355 g/mol. The first kappa shape index (κ1) is 17.8. The van der Waals surface area contributed by atoms with Crippen LogP contribution in [0.2, 0.25) is 0 Å². The van der Waals surface area contributed by atoms with Crippen LogP contribution in [0.4, 0.5) is 0 Å². The number of carbonyl (C=O) groups excluding carboxylic acids is 2. The number of rotatable bonds is 7. The molecule has 0 aliphatic carbocycles. The monoisotopic (exact) mass is 355 g/mol. The summed E-state index contributed by atoms with van der Waals surface area (Å²) < 4.78 is 1.92. The van der Waals surface area contributed by atoms with Crippen molar-refractivity contribution in [2.75, 3.05) is 6.54 Å². The SMILES string of the molecule is CCCCCn1c2c(c3c(C(N)=O)cccc31)C(=O)CN=C2CC(=O)O. The highest BCUT2D eigenvalue weighted by molar-refractivity contribution is 6.26. The van der Waals surface area contributed by atoms with Crippen LogP contribution >= 0.6 is 0 Å². The molecule has 0 saturated carbocycles. The van der Waals surface area contributed by atoms with Crippen molar-refractivity contribution < 1.29 is 19.5 Å². The number of aliphatic imine (C=N–C) groups is 1. The number of benzene rings is 1. The normalized spacial score (nSPS) is 13.6. The predicted octanol–water partition coefficient (Wildman–Crippen LogP) is 2.39. The molecule has 1 aromatic carbocycles. The van der Waals surface area contributed by atoms with Crippen molar-refractivity contribution in [2.24, 2.45) is 10.7 Å². The standard InChI is InChI=1S/C19H21N3O4/c1-2-3-4-8-22-13-7-5-6-11(19(20)26)16(13)17-14(23)10-21-12(18(17)22)9-15(24)25/h5-7H,2-4,8-10H2,1H3,(H2,20,26)(H,24,25). The lowest BCUT2D eigenvalue weighted by atomic mass is 9.96. The zero-order valence-electron chi connectivity index (χ0n) is 14.6. The molecule has 1 aliphatic heterocycles. The summed E-state index contributed by atoms with van der Waals surface area (Å²) in [6, 6.07) is 5.15. The van der Waals surface area contributed by atoms with Crippen molar-refractivity contribution in [1.29, 1.82) is 0 Å². The highest BCUT2D eigenvalue weighted by Crippen LogP contribution is 2.33. The molecule has 3 N–H and O–H groups in total. The summed E-state index contributed by atoms with van der Waals surface area (Å²) in [5, 5.41) is 9.74. The molecule has 26 heavy (non-hydrogen) atoms. The van der Waals surface area contributed by atoms with E-state index in [4.69, 9.17) is 5.73 Å². The minimum atomic E-state index is -1.01. The molecule has 0 radical (unpaired) electrons. The Morgan fingerprint density at radius 2 is 2.08 bits per heavy atom. The number of fused-ring (bicyclic) bond motifs is 3. The van der Waals surface area contributed by atoms with Gasteiger partial charge in [-0.15, -0.1) is 0 Å². The largest absolute Gasteiger partial charge is 0.481 e. The zero-order valence-corrected chi connectivity index (χ0v) is 14.6. The fourth-order valence-corrected chi connectivity index (χ4v) is 3.53. The van der Waals surface area contributed by atoms with Crippen molar-refractivity contribution in [1.82, 2.24) is 4.57 Å². The molecule has 0 spiro atoms. The van der Waals surface area contributed by atoms with Gasteiger partial charge in [-0.25, -0.2) is 0 Å².